The molecule has 0 aliphatic rings. The van der Waals surface area contributed by atoms with Crippen molar-refractivity contribution in [3.63, 3.8) is 0 Å². The van der Waals surface area contributed by atoms with Crippen molar-refractivity contribution in [2.24, 2.45) is 11.7 Å². The predicted octanol–water partition coefficient (Wildman–Crippen LogP) is 2.24. The zero-order valence-electron chi connectivity index (χ0n) is 12.9. The summed E-state index contributed by atoms with van der Waals surface area (Å²) >= 11 is 0. The Morgan fingerprint density at radius 2 is 2.00 bits per heavy atom. The van der Waals surface area contributed by atoms with Gasteiger partial charge in [0.2, 0.25) is 5.91 Å². The van der Waals surface area contributed by atoms with Gasteiger partial charge in [0.1, 0.15) is 5.82 Å². The number of carbonyl (C=O) groups excluding carboxylic acids is 1. The first-order valence-electron chi connectivity index (χ1n) is 7.30. The number of anilines is 2. The molecular formula is C15H26N4O. The van der Waals surface area contributed by atoms with E-state index in [1.807, 2.05) is 26.0 Å². The van der Waals surface area contributed by atoms with E-state index in [4.69, 9.17) is 5.73 Å². The Kier molecular flexibility index (Phi) is 6.45. The fourth-order valence-electron chi connectivity index (χ4n) is 1.93. The maximum absolute atomic E-state index is 12.0. The first kappa shape index (κ1) is 16.4. The van der Waals surface area contributed by atoms with Crippen LogP contribution in [0.2, 0.25) is 0 Å². The van der Waals surface area contributed by atoms with Crippen molar-refractivity contribution in [3.8, 4) is 0 Å². The molecule has 0 saturated heterocycles. The number of hydrogen-bond donors (Lipinski definition) is 2. The lowest BCUT2D eigenvalue weighted by atomic mass is 9.99. The molecule has 0 bridgehead atoms. The smallest absolute Gasteiger partial charge is 0.241 e. The quantitative estimate of drug-likeness (QED) is 0.802. The Balaban J connectivity index is 2.68. The van der Waals surface area contributed by atoms with Crippen LogP contribution in [0.15, 0.2) is 18.3 Å². The average Bonchev–Trinajstić information content (AvgIpc) is 2.48. The Labute approximate surface area is 121 Å². The van der Waals surface area contributed by atoms with Crippen molar-refractivity contribution in [2.75, 3.05) is 23.3 Å². The minimum absolute atomic E-state index is 0.156. The van der Waals surface area contributed by atoms with Crippen LogP contribution in [0.25, 0.3) is 0 Å². The van der Waals surface area contributed by atoms with Crippen LogP contribution in [-0.2, 0) is 4.79 Å². The molecule has 5 nitrogen and oxygen atoms in total. The predicted molar refractivity (Wildman–Crippen MR) is 83.9 cm³/mol. The van der Waals surface area contributed by atoms with E-state index in [9.17, 15) is 4.79 Å². The van der Waals surface area contributed by atoms with E-state index in [1.165, 1.54) is 0 Å². The third-order valence-corrected chi connectivity index (χ3v) is 3.66. The summed E-state index contributed by atoms with van der Waals surface area (Å²) in [4.78, 5) is 18.5. The molecule has 1 aromatic heterocycles. The van der Waals surface area contributed by atoms with Gasteiger partial charge in [-0.15, -0.1) is 0 Å². The van der Waals surface area contributed by atoms with Crippen LogP contribution < -0.4 is 16.0 Å². The van der Waals surface area contributed by atoms with Gasteiger partial charge in [0.25, 0.3) is 0 Å². The van der Waals surface area contributed by atoms with Crippen molar-refractivity contribution in [1.82, 2.24) is 4.98 Å². The number of carbonyl (C=O) groups is 1. The number of hydrogen-bond acceptors (Lipinski definition) is 4. The van der Waals surface area contributed by atoms with E-state index in [1.54, 1.807) is 6.20 Å². The standard InChI is InChI=1S/C15H26N4O/c1-5-11(4)14(16)15(20)18-12-8-9-13(17-10-12)19(6-2)7-3/h8-11,14H,5-7,16H2,1-4H3,(H,18,20)/t11-,14-/m0/s1. The second-order valence-electron chi connectivity index (χ2n) is 4.98. The summed E-state index contributed by atoms with van der Waals surface area (Å²) < 4.78 is 0. The minimum Gasteiger partial charge on any atom is -0.357 e. The van der Waals surface area contributed by atoms with Crippen LogP contribution in [0.1, 0.15) is 34.1 Å². The number of nitrogens with zero attached hydrogens (tertiary/aromatic N) is 2. The van der Waals surface area contributed by atoms with E-state index >= 15 is 0 Å². The molecule has 0 radical (unpaired) electrons. The summed E-state index contributed by atoms with van der Waals surface area (Å²) in [7, 11) is 0. The molecule has 0 saturated carbocycles. The average molecular weight is 278 g/mol. The highest BCUT2D eigenvalue weighted by Gasteiger charge is 2.19. The lowest BCUT2D eigenvalue weighted by Gasteiger charge is -2.20. The van der Waals surface area contributed by atoms with Crippen LogP contribution in [0.3, 0.4) is 0 Å². The van der Waals surface area contributed by atoms with E-state index in [-0.39, 0.29) is 11.8 Å². The fourth-order valence-corrected chi connectivity index (χ4v) is 1.93. The molecule has 0 fully saturated rings. The maximum Gasteiger partial charge on any atom is 0.241 e. The highest BCUT2D eigenvalue weighted by Crippen LogP contribution is 2.15. The Morgan fingerprint density at radius 1 is 1.35 bits per heavy atom. The highest BCUT2D eigenvalue weighted by molar-refractivity contribution is 5.94. The number of pyridine rings is 1. The Hall–Kier alpha value is -1.62. The van der Waals surface area contributed by atoms with Gasteiger partial charge in [0, 0.05) is 13.1 Å². The summed E-state index contributed by atoms with van der Waals surface area (Å²) in [5.41, 5.74) is 6.58. The summed E-state index contributed by atoms with van der Waals surface area (Å²) in [5.74, 6) is 0.925. The van der Waals surface area contributed by atoms with Gasteiger partial charge in [-0.1, -0.05) is 20.3 Å². The van der Waals surface area contributed by atoms with Crippen LogP contribution in [0.4, 0.5) is 11.5 Å². The second kappa shape index (κ2) is 7.85. The number of nitrogens with two attached hydrogens (primary N) is 1. The molecule has 1 rings (SSSR count). The molecule has 1 aromatic rings. The summed E-state index contributed by atoms with van der Waals surface area (Å²) in [6.07, 6.45) is 2.56. The summed E-state index contributed by atoms with van der Waals surface area (Å²) in [6, 6.07) is 3.29. The highest BCUT2D eigenvalue weighted by atomic mass is 16.2. The molecule has 5 heteroatoms. The molecule has 1 heterocycles. The summed E-state index contributed by atoms with van der Waals surface area (Å²) in [6.45, 7) is 10.0. The molecule has 0 aromatic carbocycles. The van der Waals surface area contributed by atoms with Crippen LogP contribution in [-0.4, -0.2) is 30.0 Å². The van der Waals surface area contributed by atoms with Crippen molar-refractivity contribution in [2.45, 2.75) is 40.2 Å². The SMILES string of the molecule is CC[C@H](C)[C@H](N)C(=O)Nc1ccc(N(CC)CC)nc1. The molecule has 0 unspecified atom stereocenters. The van der Waals surface area contributed by atoms with Gasteiger partial charge >= 0.3 is 0 Å². The van der Waals surface area contributed by atoms with E-state index in [0.717, 1.165) is 25.3 Å². The first-order chi connectivity index (χ1) is 9.53. The normalized spacial score (nSPS) is 13.7. The molecule has 3 N–H and O–H groups in total. The molecule has 2 atom stereocenters. The van der Waals surface area contributed by atoms with Gasteiger partial charge in [0.15, 0.2) is 0 Å². The van der Waals surface area contributed by atoms with Crippen molar-refractivity contribution >= 4 is 17.4 Å². The van der Waals surface area contributed by atoms with Gasteiger partial charge in [0.05, 0.1) is 17.9 Å². The van der Waals surface area contributed by atoms with Crippen LogP contribution in [0, 0.1) is 5.92 Å². The van der Waals surface area contributed by atoms with Crippen LogP contribution in [0.5, 0.6) is 0 Å². The number of nitrogens with one attached hydrogen (secondary N) is 1. The van der Waals surface area contributed by atoms with Gasteiger partial charge in [-0.3, -0.25) is 4.79 Å². The molecule has 0 aliphatic heterocycles. The first-order valence-corrected chi connectivity index (χ1v) is 7.30. The van der Waals surface area contributed by atoms with Gasteiger partial charge in [-0.2, -0.15) is 0 Å². The maximum atomic E-state index is 12.0. The van der Waals surface area contributed by atoms with Gasteiger partial charge < -0.3 is 16.0 Å². The molecule has 0 spiro atoms. The second-order valence-corrected chi connectivity index (χ2v) is 4.98. The molecule has 0 aliphatic carbocycles. The van der Waals surface area contributed by atoms with E-state index in [0.29, 0.717) is 5.69 Å². The van der Waals surface area contributed by atoms with E-state index in [2.05, 4.69) is 29.0 Å². The van der Waals surface area contributed by atoms with Crippen LogP contribution >= 0.6 is 0 Å². The summed E-state index contributed by atoms with van der Waals surface area (Å²) in [5, 5.41) is 2.81. The topological polar surface area (TPSA) is 71.2 Å². The Morgan fingerprint density at radius 3 is 2.45 bits per heavy atom. The molecule has 1 amide bonds. The lowest BCUT2D eigenvalue weighted by molar-refractivity contribution is -0.118. The number of amides is 1. The van der Waals surface area contributed by atoms with Gasteiger partial charge in [-0.25, -0.2) is 4.98 Å². The lowest BCUT2D eigenvalue weighted by Crippen LogP contribution is -2.40. The largest absolute Gasteiger partial charge is 0.357 e. The molecule has 112 valence electrons. The number of rotatable bonds is 7. The number of aromatic nitrogens is 1. The zero-order valence-corrected chi connectivity index (χ0v) is 12.9. The third kappa shape index (κ3) is 4.20. The molecule has 20 heavy (non-hydrogen) atoms. The molecular weight excluding hydrogens is 252 g/mol. The van der Waals surface area contributed by atoms with Crippen molar-refractivity contribution in [1.29, 1.82) is 0 Å². The van der Waals surface area contributed by atoms with E-state index < -0.39 is 6.04 Å². The zero-order chi connectivity index (χ0) is 15.1. The fraction of sp³-hybridized carbons (Fsp3) is 0.600. The Bertz CT molecular complexity index is 414. The third-order valence-electron chi connectivity index (χ3n) is 3.66. The monoisotopic (exact) mass is 278 g/mol. The van der Waals surface area contributed by atoms with Crippen molar-refractivity contribution in [3.05, 3.63) is 18.3 Å². The van der Waals surface area contributed by atoms with Crippen molar-refractivity contribution < 1.29 is 4.79 Å². The minimum atomic E-state index is -0.484. The van der Waals surface area contributed by atoms with Gasteiger partial charge in [-0.05, 0) is 31.9 Å².